The summed E-state index contributed by atoms with van der Waals surface area (Å²) < 4.78 is 13.0. The van der Waals surface area contributed by atoms with Crippen LogP contribution in [0.2, 0.25) is 0 Å². The molecule has 1 aliphatic rings. The summed E-state index contributed by atoms with van der Waals surface area (Å²) in [6.45, 7) is 1.97. The fraction of sp³-hybridized carbons (Fsp3) is 0.211. The van der Waals surface area contributed by atoms with Crippen LogP contribution in [0.3, 0.4) is 0 Å². The molecular formula is C19H17N5O2S. The van der Waals surface area contributed by atoms with Crippen molar-refractivity contribution in [3.8, 4) is 22.9 Å². The van der Waals surface area contributed by atoms with E-state index in [0.29, 0.717) is 13.2 Å². The molecule has 1 aromatic carbocycles. The smallest absolute Gasteiger partial charge is 0.186 e. The fourth-order valence-corrected chi connectivity index (χ4v) is 3.67. The van der Waals surface area contributed by atoms with Gasteiger partial charge < -0.3 is 14.8 Å². The topological polar surface area (TPSA) is 73.6 Å². The Labute approximate surface area is 159 Å². The summed E-state index contributed by atoms with van der Waals surface area (Å²) in [5.74, 6) is 3.18. The lowest BCUT2D eigenvalue weighted by Gasteiger charge is -2.18. The number of ether oxygens (including phenoxy) is 2. The molecule has 27 heavy (non-hydrogen) atoms. The first-order valence-corrected chi connectivity index (χ1v) is 9.68. The molecule has 136 valence electrons. The van der Waals surface area contributed by atoms with Crippen molar-refractivity contribution >= 4 is 22.8 Å². The number of nitrogens with one attached hydrogen (secondary N) is 1. The number of hydrogen-bond donors (Lipinski definition) is 1. The van der Waals surface area contributed by atoms with Crippen LogP contribution in [0.5, 0.6) is 11.5 Å². The van der Waals surface area contributed by atoms with Gasteiger partial charge in [0.25, 0.3) is 0 Å². The quantitative estimate of drug-likeness (QED) is 0.574. The first kappa shape index (κ1) is 16.1. The molecule has 0 spiro atoms. The number of rotatable bonds is 5. The molecule has 0 radical (unpaired) electrons. The second kappa shape index (κ2) is 6.88. The second-order valence-corrected chi connectivity index (χ2v) is 6.96. The van der Waals surface area contributed by atoms with Gasteiger partial charge in [0, 0.05) is 17.5 Å². The van der Waals surface area contributed by atoms with Gasteiger partial charge >= 0.3 is 0 Å². The summed E-state index contributed by atoms with van der Waals surface area (Å²) in [6, 6.07) is 11.9. The molecule has 0 fully saturated rings. The number of fused-ring (bicyclic) bond motifs is 2. The van der Waals surface area contributed by atoms with Crippen LogP contribution >= 0.6 is 11.3 Å². The lowest BCUT2D eigenvalue weighted by Crippen LogP contribution is -2.15. The number of nitrogens with zero attached hydrogens (tertiary/aromatic N) is 4. The molecule has 0 saturated heterocycles. The van der Waals surface area contributed by atoms with Crippen molar-refractivity contribution < 1.29 is 9.47 Å². The van der Waals surface area contributed by atoms with Gasteiger partial charge in [-0.1, -0.05) is 6.07 Å². The minimum atomic E-state index is 0.601. The van der Waals surface area contributed by atoms with Gasteiger partial charge in [-0.3, -0.25) is 0 Å². The molecule has 3 aromatic heterocycles. The zero-order valence-corrected chi connectivity index (χ0v) is 15.3. The summed E-state index contributed by atoms with van der Waals surface area (Å²) in [5.41, 5.74) is 2.94. The number of anilines is 1. The van der Waals surface area contributed by atoms with Gasteiger partial charge in [0.1, 0.15) is 19.0 Å². The van der Waals surface area contributed by atoms with E-state index < -0.39 is 0 Å². The van der Waals surface area contributed by atoms with Crippen molar-refractivity contribution in [3.05, 3.63) is 52.7 Å². The van der Waals surface area contributed by atoms with Crippen LogP contribution < -0.4 is 14.8 Å². The van der Waals surface area contributed by atoms with E-state index in [4.69, 9.17) is 9.47 Å². The minimum absolute atomic E-state index is 0.601. The van der Waals surface area contributed by atoms with Gasteiger partial charge in [0.05, 0.1) is 0 Å². The molecule has 8 heteroatoms. The Morgan fingerprint density at radius 3 is 2.85 bits per heavy atom. The summed E-state index contributed by atoms with van der Waals surface area (Å²) in [5, 5.41) is 20.5. The maximum atomic E-state index is 5.64. The van der Waals surface area contributed by atoms with E-state index >= 15 is 0 Å². The molecule has 0 atom stereocenters. The highest BCUT2D eigenvalue weighted by molar-refractivity contribution is 7.08. The fourth-order valence-electron chi connectivity index (χ4n) is 3.03. The van der Waals surface area contributed by atoms with Crippen molar-refractivity contribution in [1.29, 1.82) is 0 Å². The summed E-state index contributed by atoms with van der Waals surface area (Å²) in [4.78, 5) is 0. The monoisotopic (exact) mass is 379 g/mol. The predicted octanol–water partition coefficient (Wildman–Crippen LogP) is 3.28. The number of thiophene rings is 1. The molecule has 0 aliphatic carbocycles. The molecule has 1 N–H and O–H groups in total. The van der Waals surface area contributed by atoms with Crippen LogP contribution in [0.15, 0.2) is 47.2 Å². The average Bonchev–Trinajstić information content (AvgIpc) is 3.37. The molecule has 7 nitrogen and oxygen atoms in total. The van der Waals surface area contributed by atoms with Crippen LogP contribution in [0.1, 0.15) is 5.56 Å². The Hall–Kier alpha value is -3.13. The Morgan fingerprint density at radius 2 is 1.96 bits per heavy atom. The molecule has 0 saturated carbocycles. The normalized spacial score (nSPS) is 13.0. The first-order chi connectivity index (χ1) is 13.4. The van der Waals surface area contributed by atoms with Crippen LogP contribution in [0.4, 0.5) is 5.82 Å². The maximum absolute atomic E-state index is 5.64. The number of aromatic nitrogens is 4. The van der Waals surface area contributed by atoms with Crippen LogP contribution in [-0.4, -0.2) is 39.6 Å². The Balaban J connectivity index is 1.30. The van der Waals surface area contributed by atoms with Crippen molar-refractivity contribution in [1.82, 2.24) is 19.8 Å². The highest BCUT2D eigenvalue weighted by Gasteiger charge is 2.12. The molecule has 4 heterocycles. The van der Waals surface area contributed by atoms with Gasteiger partial charge in [0.15, 0.2) is 23.0 Å². The largest absolute Gasteiger partial charge is 0.486 e. The third-order valence-corrected chi connectivity index (χ3v) is 5.05. The van der Waals surface area contributed by atoms with E-state index in [1.54, 1.807) is 15.9 Å². The number of benzene rings is 1. The van der Waals surface area contributed by atoms with E-state index in [0.717, 1.165) is 47.3 Å². The van der Waals surface area contributed by atoms with Gasteiger partial charge in [-0.15, -0.1) is 15.3 Å². The first-order valence-electron chi connectivity index (χ1n) is 8.74. The zero-order valence-electron chi connectivity index (χ0n) is 14.5. The predicted molar refractivity (Wildman–Crippen MR) is 104 cm³/mol. The molecule has 0 unspecified atom stereocenters. The zero-order chi connectivity index (χ0) is 18.1. The standard InChI is InChI=1S/C19H17N5O2S/c1-2-15-16(26-9-8-25-15)11-13(1)5-7-20-17-3-4-18-21-22-19(24(18)23-17)14-6-10-27-12-14/h1-4,6,10-12H,5,7-9H2,(H,20,23). The SMILES string of the molecule is c1cc(-c2nnc3ccc(NCCc4ccc5c(c4)OCCO5)nn23)cs1. The van der Waals surface area contributed by atoms with Crippen molar-refractivity contribution in [3.63, 3.8) is 0 Å². The van der Waals surface area contributed by atoms with Crippen molar-refractivity contribution in [2.24, 2.45) is 0 Å². The Bertz CT molecular complexity index is 1080. The number of hydrogen-bond acceptors (Lipinski definition) is 7. The molecule has 1 aliphatic heterocycles. The van der Waals surface area contributed by atoms with Crippen molar-refractivity contribution in [2.75, 3.05) is 25.1 Å². The Morgan fingerprint density at radius 1 is 1.04 bits per heavy atom. The van der Waals surface area contributed by atoms with Crippen LogP contribution in [0.25, 0.3) is 17.0 Å². The highest BCUT2D eigenvalue weighted by Crippen LogP contribution is 2.30. The lowest BCUT2D eigenvalue weighted by molar-refractivity contribution is 0.171. The molecule has 0 bridgehead atoms. The Kier molecular flexibility index (Phi) is 4.10. The van der Waals surface area contributed by atoms with Gasteiger partial charge in [0.2, 0.25) is 0 Å². The van der Waals surface area contributed by atoms with Gasteiger partial charge in [-0.25, -0.2) is 0 Å². The van der Waals surface area contributed by atoms with Crippen LogP contribution in [0, 0.1) is 0 Å². The summed E-state index contributed by atoms with van der Waals surface area (Å²) in [7, 11) is 0. The molecule has 0 amide bonds. The van der Waals surface area contributed by atoms with Gasteiger partial charge in [-0.05, 0) is 47.7 Å². The molecule has 4 aromatic rings. The van der Waals surface area contributed by atoms with Crippen LogP contribution in [-0.2, 0) is 6.42 Å². The average molecular weight is 379 g/mol. The van der Waals surface area contributed by atoms with E-state index in [1.807, 2.05) is 41.1 Å². The minimum Gasteiger partial charge on any atom is -0.486 e. The van der Waals surface area contributed by atoms with E-state index in [1.165, 1.54) is 5.56 Å². The summed E-state index contributed by atoms with van der Waals surface area (Å²) >= 11 is 1.63. The van der Waals surface area contributed by atoms with E-state index in [9.17, 15) is 0 Å². The van der Waals surface area contributed by atoms with Gasteiger partial charge in [-0.2, -0.15) is 15.9 Å². The van der Waals surface area contributed by atoms with E-state index in [2.05, 4.69) is 26.7 Å². The molecule has 5 rings (SSSR count). The third-order valence-electron chi connectivity index (χ3n) is 4.37. The summed E-state index contributed by atoms with van der Waals surface area (Å²) in [6.07, 6.45) is 0.857. The third kappa shape index (κ3) is 3.19. The second-order valence-electron chi connectivity index (χ2n) is 6.18. The van der Waals surface area contributed by atoms with Crippen molar-refractivity contribution in [2.45, 2.75) is 6.42 Å². The van der Waals surface area contributed by atoms with E-state index in [-0.39, 0.29) is 0 Å². The maximum Gasteiger partial charge on any atom is 0.186 e. The molecular weight excluding hydrogens is 362 g/mol. The lowest BCUT2D eigenvalue weighted by atomic mass is 10.1. The highest BCUT2D eigenvalue weighted by atomic mass is 32.1.